The van der Waals surface area contributed by atoms with Crippen LogP contribution in [0.5, 0.6) is 0 Å². The number of nitrogens with zero attached hydrogens (tertiary/aromatic N) is 2. The summed E-state index contributed by atoms with van der Waals surface area (Å²) in [5.74, 6) is -0.859. The van der Waals surface area contributed by atoms with Gasteiger partial charge in [0.2, 0.25) is 0 Å². The van der Waals surface area contributed by atoms with E-state index in [1.807, 2.05) is 19.9 Å². The molecule has 0 radical (unpaired) electrons. The first-order valence-electron chi connectivity index (χ1n) is 13.5. The summed E-state index contributed by atoms with van der Waals surface area (Å²) in [6.45, 7) is 9.13. The standard InChI is InChI=1S/C30H35Cl2N5O5/c1-17(2)35-25-11-21(22(32)14-34-25)19-10-23(33-13-19)26(38)36-24(18-7-6-8-20(31)9-18)12-30(27(39)40)15-37(16-30)28(41)42-29(3,4)5/h6-11,13-14,17,24,33H,12,15-16H2,1-5H3,(H,34,35)(H,36,38)(H,39,40). The van der Waals surface area contributed by atoms with Crippen molar-refractivity contribution in [1.29, 1.82) is 0 Å². The second-order valence-electron chi connectivity index (χ2n) is 11.9. The Bertz CT molecular complexity index is 1480. The summed E-state index contributed by atoms with van der Waals surface area (Å²) in [7, 11) is 0. The fraction of sp³-hybridized carbons (Fsp3) is 0.400. The van der Waals surface area contributed by atoms with Gasteiger partial charge >= 0.3 is 12.1 Å². The number of halogens is 2. The number of aliphatic carboxylic acids is 1. The molecule has 4 rings (SSSR count). The lowest BCUT2D eigenvalue weighted by molar-refractivity contribution is -0.160. The highest BCUT2D eigenvalue weighted by Crippen LogP contribution is 2.41. The molecule has 12 heteroatoms. The first-order valence-corrected chi connectivity index (χ1v) is 14.3. The molecule has 10 nitrogen and oxygen atoms in total. The minimum atomic E-state index is -1.29. The number of carbonyl (C=O) groups is 3. The highest BCUT2D eigenvalue weighted by Gasteiger charge is 2.53. The molecule has 0 spiro atoms. The van der Waals surface area contributed by atoms with Crippen LogP contribution in [0.25, 0.3) is 11.1 Å². The number of carboxylic acids is 1. The van der Waals surface area contributed by atoms with Gasteiger partial charge in [-0.15, -0.1) is 0 Å². The number of rotatable bonds is 9. The van der Waals surface area contributed by atoms with Crippen LogP contribution >= 0.6 is 23.2 Å². The summed E-state index contributed by atoms with van der Waals surface area (Å²) in [6, 6.07) is 9.83. The first kappa shape index (κ1) is 31.2. The van der Waals surface area contributed by atoms with E-state index in [2.05, 4.69) is 20.6 Å². The van der Waals surface area contributed by atoms with Gasteiger partial charge < -0.3 is 30.4 Å². The van der Waals surface area contributed by atoms with E-state index >= 15 is 0 Å². The van der Waals surface area contributed by atoms with Crippen LogP contribution < -0.4 is 10.6 Å². The smallest absolute Gasteiger partial charge is 0.410 e. The van der Waals surface area contributed by atoms with Crippen LogP contribution in [0.4, 0.5) is 10.6 Å². The lowest BCUT2D eigenvalue weighted by Gasteiger charge is -2.48. The number of pyridine rings is 1. The van der Waals surface area contributed by atoms with Crippen LogP contribution in [0.15, 0.2) is 48.8 Å². The molecule has 0 bridgehead atoms. The lowest BCUT2D eigenvalue weighted by Crippen LogP contribution is -2.63. The number of benzene rings is 1. The number of aromatic nitrogens is 2. The maximum Gasteiger partial charge on any atom is 0.410 e. The molecule has 1 atom stereocenters. The number of H-pyrrole nitrogens is 1. The third kappa shape index (κ3) is 7.35. The summed E-state index contributed by atoms with van der Waals surface area (Å²) in [5.41, 5.74) is 0.281. The predicted octanol–water partition coefficient (Wildman–Crippen LogP) is 6.39. The molecule has 0 saturated carbocycles. The number of aromatic amines is 1. The molecule has 224 valence electrons. The van der Waals surface area contributed by atoms with Gasteiger partial charge in [-0.3, -0.25) is 9.59 Å². The van der Waals surface area contributed by atoms with Crippen molar-refractivity contribution in [2.24, 2.45) is 5.41 Å². The van der Waals surface area contributed by atoms with Gasteiger partial charge in [-0.2, -0.15) is 0 Å². The SMILES string of the molecule is CC(C)Nc1cc(-c2c[nH]c(C(=O)NC(CC3(C(=O)O)CN(C(=O)OC(C)(C)C)C3)c3cccc(Cl)c3)c2)c(Cl)cn1. The molecule has 4 N–H and O–H groups in total. The maximum atomic E-state index is 13.5. The Morgan fingerprint density at radius 3 is 2.50 bits per heavy atom. The van der Waals surface area contributed by atoms with Gasteiger partial charge in [0.05, 0.1) is 11.1 Å². The van der Waals surface area contributed by atoms with Crippen molar-refractivity contribution in [2.45, 2.75) is 58.7 Å². The van der Waals surface area contributed by atoms with Crippen LogP contribution in [0, 0.1) is 5.41 Å². The predicted molar refractivity (Wildman–Crippen MR) is 162 cm³/mol. The van der Waals surface area contributed by atoms with Gasteiger partial charge in [-0.05, 0) is 70.9 Å². The third-order valence-corrected chi connectivity index (χ3v) is 7.31. The van der Waals surface area contributed by atoms with Gasteiger partial charge in [0.1, 0.15) is 22.5 Å². The van der Waals surface area contributed by atoms with Crippen LogP contribution in [-0.4, -0.2) is 62.7 Å². The maximum absolute atomic E-state index is 13.5. The quantitative estimate of drug-likeness (QED) is 0.219. The number of ether oxygens (including phenoxy) is 1. The number of anilines is 1. The Balaban J connectivity index is 1.56. The van der Waals surface area contributed by atoms with Gasteiger partial charge in [0.15, 0.2) is 0 Å². The number of amides is 2. The van der Waals surface area contributed by atoms with Crippen molar-refractivity contribution in [2.75, 3.05) is 18.4 Å². The molecule has 2 amide bonds. The van der Waals surface area contributed by atoms with E-state index < -0.39 is 35.0 Å². The minimum absolute atomic E-state index is 0.0295. The van der Waals surface area contributed by atoms with Crippen LogP contribution in [0.1, 0.15) is 63.1 Å². The molecule has 3 aromatic rings. The Hall–Kier alpha value is -3.76. The van der Waals surface area contributed by atoms with Crippen molar-refractivity contribution < 1.29 is 24.2 Å². The molecule has 1 fully saturated rings. The topological polar surface area (TPSA) is 137 Å². The van der Waals surface area contributed by atoms with Crippen LogP contribution in [0.2, 0.25) is 10.0 Å². The van der Waals surface area contributed by atoms with Gasteiger partial charge in [0, 0.05) is 47.7 Å². The number of carboxylic acid groups (broad SMARTS) is 1. The molecule has 3 heterocycles. The fourth-order valence-electron chi connectivity index (χ4n) is 4.81. The molecule has 1 aromatic carbocycles. The average molecular weight is 617 g/mol. The molecule has 1 aliphatic rings. The zero-order chi connectivity index (χ0) is 30.8. The largest absolute Gasteiger partial charge is 0.481 e. The average Bonchev–Trinajstić information content (AvgIpc) is 3.35. The Labute approximate surface area is 254 Å². The van der Waals surface area contributed by atoms with Gasteiger partial charge in [-0.1, -0.05) is 35.3 Å². The van der Waals surface area contributed by atoms with Crippen molar-refractivity contribution in [3.05, 3.63) is 70.1 Å². The second-order valence-corrected chi connectivity index (χ2v) is 12.7. The second kappa shape index (κ2) is 12.2. The number of carbonyl (C=O) groups excluding carboxylic acids is 2. The van der Waals surface area contributed by atoms with E-state index in [9.17, 15) is 19.5 Å². The van der Waals surface area contributed by atoms with Crippen molar-refractivity contribution in [1.82, 2.24) is 20.2 Å². The molecular weight excluding hydrogens is 581 g/mol. The monoisotopic (exact) mass is 615 g/mol. The van der Waals surface area contributed by atoms with E-state index in [1.54, 1.807) is 63.5 Å². The Morgan fingerprint density at radius 2 is 1.88 bits per heavy atom. The molecule has 42 heavy (non-hydrogen) atoms. The van der Waals surface area contributed by atoms with Crippen molar-refractivity contribution >= 4 is 47.0 Å². The highest BCUT2D eigenvalue weighted by atomic mass is 35.5. The molecule has 1 aliphatic heterocycles. The van der Waals surface area contributed by atoms with Crippen molar-refractivity contribution in [3.8, 4) is 11.1 Å². The zero-order valence-corrected chi connectivity index (χ0v) is 25.6. The Kier molecular flexibility index (Phi) is 9.08. The minimum Gasteiger partial charge on any atom is -0.481 e. The van der Waals surface area contributed by atoms with Crippen LogP contribution in [0.3, 0.4) is 0 Å². The van der Waals surface area contributed by atoms with E-state index in [0.717, 1.165) is 0 Å². The van der Waals surface area contributed by atoms with E-state index in [4.69, 9.17) is 27.9 Å². The number of likely N-dealkylation sites (tertiary alicyclic amines) is 1. The third-order valence-electron chi connectivity index (χ3n) is 6.77. The highest BCUT2D eigenvalue weighted by molar-refractivity contribution is 6.33. The molecule has 1 unspecified atom stereocenters. The summed E-state index contributed by atoms with van der Waals surface area (Å²) in [5, 5.41) is 17.3. The number of nitrogens with one attached hydrogen (secondary N) is 3. The number of hydrogen-bond acceptors (Lipinski definition) is 6. The summed E-state index contributed by atoms with van der Waals surface area (Å²) in [4.78, 5) is 47.1. The fourth-order valence-corrected chi connectivity index (χ4v) is 5.22. The summed E-state index contributed by atoms with van der Waals surface area (Å²) < 4.78 is 5.40. The Morgan fingerprint density at radius 1 is 1.17 bits per heavy atom. The number of hydrogen-bond donors (Lipinski definition) is 4. The summed E-state index contributed by atoms with van der Waals surface area (Å²) in [6.07, 6.45) is 2.67. The molecule has 1 saturated heterocycles. The van der Waals surface area contributed by atoms with E-state index in [1.165, 1.54) is 4.90 Å². The van der Waals surface area contributed by atoms with E-state index in [-0.39, 0.29) is 31.2 Å². The zero-order valence-electron chi connectivity index (χ0n) is 24.1. The molecule has 2 aromatic heterocycles. The van der Waals surface area contributed by atoms with Gasteiger partial charge in [-0.25, -0.2) is 9.78 Å². The van der Waals surface area contributed by atoms with E-state index in [0.29, 0.717) is 32.6 Å². The first-order chi connectivity index (χ1) is 19.7. The van der Waals surface area contributed by atoms with Gasteiger partial charge in [0.25, 0.3) is 5.91 Å². The molecular formula is C30H35Cl2N5O5. The summed E-state index contributed by atoms with van der Waals surface area (Å²) >= 11 is 12.7. The van der Waals surface area contributed by atoms with Crippen LogP contribution in [-0.2, 0) is 9.53 Å². The lowest BCUT2D eigenvalue weighted by atomic mass is 9.73. The van der Waals surface area contributed by atoms with Crippen molar-refractivity contribution in [3.63, 3.8) is 0 Å². The normalized spacial score (nSPS) is 15.1. The molecule has 0 aliphatic carbocycles.